The fraction of sp³-hybridized carbons (Fsp3) is 0.250. The Bertz CT molecular complexity index is 595. The molecule has 0 saturated carbocycles. The molecule has 0 bridgehead atoms. The zero-order chi connectivity index (χ0) is 12.7. The van der Waals surface area contributed by atoms with Crippen LogP contribution in [0, 0.1) is 0 Å². The van der Waals surface area contributed by atoms with Crippen molar-refractivity contribution < 1.29 is 5.11 Å². The second-order valence-corrected chi connectivity index (χ2v) is 5.02. The summed E-state index contributed by atoms with van der Waals surface area (Å²) >= 11 is 0. The normalized spacial score (nSPS) is 15.1. The van der Waals surface area contributed by atoms with E-state index in [-0.39, 0.29) is 18.4 Å². The van der Waals surface area contributed by atoms with Gasteiger partial charge in [-0.15, -0.1) is 12.4 Å². The molecule has 19 heavy (non-hydrogen) atoms. The highest BCUT2D eigenvalue weighted by Crippen LogP contribution is 2.37. The molecule has 0 heterocycles. The maximum atomic E-state index is 9.57. The molecular formula is C16H18ClNO. The molecule has 3 rings (SSSR count). The van der Waals surface area contributed by atoms with Crippen LogP contribution in [0.1, 0.15) is 29.7 Å². The number of halogens is 1. The van der Waals surface area contributed by atoms with Crippen LogP contribution in [-0.2, 0) is 6.42 Å². The molecule has 2 nitrogen and oxygen atoms in total. The minimum atomic E-state index is -0.521. The molecule has 0 aliphatic heterocycles. The highest BCUT2D eigenvalue weighted by molar-refractivity contribution is 5.85. The van der Waals surface area contributed by atoms with Crippen molar-refractivity contribution in [3.8, 4) is 11.1 Å². The third-order valence-electron chi connectivity index (χ3n) is 3.72. The van der Waals surface area contributed by atoms with E-state index in [1.807, 2.05) is 6.07 Å². The predicted molar refractivity (Wildman–Crippen MR) is 80.5 cm³/mol. The summed E-state index contributed by atoms with van der Waals surface area (Å²) in [4.78, 5) is 0. The summed E-state index contributed by atoms with van der Waals surface area (Å²) in [6, 6.07) is 14.5. The predicted octanol–water partition coefficient (Wildman–Crippen LogP) is 3.06. The lowest BCUT2D eigenvalue weighted by Gasteiger charge is -2.16. The third kappa shape index (κ3) is 2.39. The van der Waals surface area contributed by atoms with E-state index >= 15 is 0 Å². The Morgan fingerprint density at radius 3 is 2.47 bits per heavy atom. The molecule has 2 aromatic rings. The Hall–Kier alpha value is -1.35. The Morgan fingerprint density at radius 1 is 1.05 bits per heavy atom. The monoisotopic (exact) mass is 275 g/mol. The van der Waals surface area contributed by atoms with E-state index in [1.165, 1.54) is 22.3 Å². The molecule has 100 valence electrons. The number of hydrogen-bond donors (Lipinski definition) is 2. The summed E-state index contributed by atoms with van der Waals surface area (Å²) in [5.74, 6) is 0. The van der Waals surface area contributed by atoms with Crippen molar-refractivity contribution in [3.63, 3.8) is 0 Å². The van der Waals surface area contributed by atoms with Crippen LogP contribution in [0.5, 0.6) is 0 Å². The van der Waals surface area contributed by atoms with Crippen molar-refractivity contribution >= 4 is 12.4 Å². The second kappa shape index (κ2) is 5.33. The minimum Gasteiger partial charge on any atom is -0.391 e. The first-order chi connectivity index (χ1) is 8.66. The number of aliphatic hydroxyl groups excluding tert-OH is 1. The number of aliphatic hydroxyl groups is 1. The molecule has 3 N–H and O–H groups in total. The summed E-state index contributed by atoms with van der Waals surface area (Å²) in [5.41, 5.74) is 12.3. The molecule has 0 spiro atoms. The summed E-state index contributed by atoms with van der Waals surface area (Å²) in [7, 11) is 0. The van der Waals surface area contributed by atoms with Gasteiger partial charge in [-0.1, -0.05) is 42.5 Å². The zero-order valence-electron chi connectivity index (χ0n) is 10.8. The molecular weight excluding hydrogens is 258 g/mol. The van der Waals surface area contributed by atoms with E-state index in [2.05, 4.69) is 36.4 Å². The number of benzene rings is 2. The Kier molecular flexibility index (Phi) is 3.95. The van der Waals surface area contributed by atoms with Gasteiger partial charge < -0.3 is 10.8 Å². The van der Waals surface area contributed by atoms with Crippen LogP contribution >= 0.6 is 12.4 Å². The summed E-state index contributed by atoms with van der Waals surface area (Å²) < 4.78 is 0. The van der Waals surface area contributed by atoms with Gasteiger partial charge in [-0.3, -0.25) is 0 Å². The SMILES string of the molecule is C[C@H](O)[C@H](N)c1ccc2c(c1)Cc1ccccc1-2.Cl. The van der Waals surface area contributed by atoms with Gasteiger partial charge in [-0.05, 0) is 41.2 Å². The highest BCUT2D eigenvalue weighted by Gasteiger charge is 2.20. The van der Waals surface area contributed by atoms with Crippen LogP contribution in [0.25, 0.3) is 11.1 Å². The highest BCUT2D eigenvalue weighted by atomic mass is 35.5. The largest absolute Gasteiger partial charge is 0.391 e. The first kappa shape index (κ1) is 14.1. The summed E-state index contributed by atoms with van der Waals surface area (Å²) in [6.45, 7) is 1.73. The van der Waals surface area contributed by atoms with Gasteiger partial charge in [0.1, 0.15) is 0 Å². The number of hydrogen-bond acceptors (Lipinski definition) is 2. The van der Waals surface area contributed by atoms with Gasteiger partial charge in [-0.25, -0.2) is 0 Å². The summed E-state index contributed by atoms with van der Waals surface area (Å²) in [5, 5.41) is 9.57. The number of fused-ring (bicyclic) bond motifs is 3. The van der Waals surface area contributed by atoms with Crippen LogP contribution in [-0.4, -0.2) is 11.2 Å². The molecule has 2 aromatic carbocycles. The van der Waals surface area contributed by atoms with Crippen LogP contribution in [0.2, 0.25) is 0 Å². The van der Waals surface area contributed by atoms with Crippen LogP contribution < -0.4 is 5.73 Å². The van der Waals surface area contributed by atoms with E-state index < -0.39 is 6.10 Å². The van der Waals surface area contributed by atoms with Gasteiger partial charge in [0, 0.05) is 0 Å². The lowest BCUT2D eigenvalue weighted by molar-refractivity contribution is 0.164. The maximum absolute atomic E-state index is 9.57. The molecule has 0 radical (unpaired) electrons. The minimum absolute atomic E-state index is 0. The van der Waals surface area contributed by atoms with E-state index in [4.69, 9.17) is 5.73 Å². The standard InChI is InChI=1S/C16H17NO.ClH/c1-10(18)16(17)12-6-7-15-13(9-12)8-11-4-2-3-5-14(11)15;/h2-7,9-10,16,18H,8,17H2,1H3;1H/t10-,16-;/m0./s1. The van der Waals surface area contributed by atoms with E-state index in [1.54, 1.807) is 6.92 Å². The van der Waals surface area contributed by atoms with E-state index in [9.17, 15) is 5.11 Å². The molecule has 0 aromatic heterocycles. The fourth-order valence-electron chi connectivity index (χ4n) is 2.65. The smallest absolute Gasteiger partial charge is 0.0704 e. The second-order valence-electron chi connectivity index (χ2n) is 5.02. The van der Waals surface area contributed by atoms with Gasteiger partial charge in [0.05, 0.1) is 12.1 Å². The van der Waals surface area contributed by atoms with Crippen LogP contribution in [0.4, 0.5) is 0 Å². The van der Waals surface area contributed by atoms with Crippen LogP contribution in [0.15, 0.2) is 42.5 Å². The van der Waals surface area contributed by atoms with Crippen molar-refractivity contribution in [2.75, 3.05) is 0 Å². The Balaban J connectivity index is 0.00000133. The molecule has 0 unspecified atom stereocenters. The Labute approximate surface area is 119 Å². The molecule has 0 saturated heterocycles. The molecule has 0 fully saturated rings. The van der Waals surface area contributed by atoms with Gasteiger partial charge >= 0.3 is 0 Å². The molecule has 0 amide bonds. The van der Waals surface area contributed by atoms with Crippen molar-refractivity contribution in [2.45, 2.75) is 25.5 Å². The fourth-order valence-corrected chi connectivity index (χ4v) is 2.65. The third-order valence-corrected chi connectivity index (χ3v) is 3.72. The summed E-state index contributed by atoms with van der Waals surface area (Å²) in [6.07, 6.45) is 0.443. The molecule has 1 aliphatic rings. The van der Waals surface area contributed by atoms with Crippen molar-refractivity contribution in [3.05, 3.63) is 59.2 Å². The van der Waals surface area contributed by atoms with Crippen molar-refractivity contribution in [2.24, 2.45) is 5.73 Å². The molecule has 2 atom stereocenters. The van der Waals surface area contributed by atoms with Gasteiger partial charge in [-0.2, -0.15) is 0 Å². The molecule has 1 aliphatic carbocycles. The lowest BCUT2D eigenvalue weighted by atomic mass is 9.98. The number of rotatable bonds is 2. The van der Waals surface area contributed by atoms with Gasteiger partial charge in [0.2, 0.25) is 0 Å². The maximum Gasteiger partial charge on any atom is 0.0704 e. The topological polar surface area (TPSA) is 46.2 Å². The van der Waals surface area contributed by atoms with Gasteiger partial charge in [0.25, 0.3) is 0 Å². The zero-order valence-corrected chi connectivity index (χ0v) is 11.7. The average molecular weight is 276 g/mol. The van der Waals surface area contributed by atoms with Gasteiger partial charge in [0.15, 0.2) is 0 Å². The quantitative estimate of drug-likeness (QED) is 0.755. The van der Waals surface area contributed by atoms with Crippen molar-refractivity contribution in [1.29, 1.82) is 0 Å². The van der Waals surface area contributed by atoms with Crippen molar-refractivity contribution in [1.82, 2.24) is 0 Å². The molecule has 3 heteroatoms. The number of nitrogens with two attached hydrogens (primary N) is 1. The average Bonchev–Trinajstić information content (AvgIpc) is 2.75. The van der Waals surface area contributed by atoms with E-state index in [0.29, 0.717) is 0 Å². The first-order valence-electron chi connectivity index (χ1n) is 6.31. The van der Waals surface area contributed by atoms with Crippen LogP contribution in [0.3, 0.4) is 0 Å². The lowest BCUT2D eigenvalue weighted by Crippen LogP contribution is -2.23. The Morgan fingerprint density at radius 2 is 1.74 bits per heavy atom. The van der Waals surface area contributed by atoms with E-state index in [0.717, 1.165) is 12.0 Å². The first-order valence-corrected chi connectivity index (χ1v) is 6.31.